The maximum Gasteiger partial charge on any atom is 0.510 e. The Balaban J connectivity index is 1.42. The van der Waals surface area contributed by atoms with E-state index in [9.17, 15) is 4.79 Å². The molecule has 0 aromatic heterocycles. The maximum atomic E-state index is 11.6. The van der Waals surface area contributed by atoms with E-state index in [-0.39, 0.29) is 12.8 Å². The van der Waals surface area contributed by atoms with Gasteiger partial charge in [0.25, 0.3) is 0 Å². The van der Waals surface area contributed by atoms with Gasteiger partial charge >= 0.3 is 6.16 Å². The lowest BCUT2D eigenvalue weighted by Gasteiger charge is -2.14. The fourth-order valence-corrected chi connectivity index (χ4v) is 3.07. The minimum Gasteiger partial charge on any atom is -0.429 e. The average molecular weight is 261 g/mol. The van der Waals surface area contributed by atoms with Gasteiger partial charge in [-0.25, -0.2) is 4.79 Å². The Morgan fingerprint density at radius 1 is 1.26 bits per heavy atom. The molecule has 1 N–H and O–H groups in total. The summed E-state index contributed by atoms with van der Waals surface area (Å²) >= 11 is 0. The van der Waals surface area contributed by atoms with E-state index in [2.05, 4.69) is 5.32 Å². The minimum atomic E-state index is -0.582. The number of carbonyl (C=O) groups excluding carboxylic acids is 1. The zero-order chi connectivity index (χ0) is 13.1. The lowest BCUT2D eigenvalue weighted by atomic mass is 10.0. The van der Waals surface area contributed by atoms with Gasteiger partial charge in [-0.05, 0) is 24.3 Å². The normalized spacial score (nSPS) is 28.9. The molecule has 1 aliphatic heterocycles. The highest BCUT2D eigenvalue weighted by molar-refractivity contribution is 5.60. The minimum absolute atomic E-state index is 0.168. The molecule has 0 bridgehead atoms. The van der Waals surface area contributed by atoms with Crippen molar-refractivity contribution in [2.75, 3.05) is 0 Å². The van der Waals surface area contributed by atoms with Crippen LogP contribution in [0.4, 0.5) is 4.79 Å². The van der Waals surface area contributed by atoms with Gasteiger partial charge in [0, 0.05) is 12.5 Å². The molecule has 4 heteroatoms. The second kappa shape index (κ2) is 5.61. The first-order chi connectivity index (χ1) is 9.31. The van der Waals surface area contributed by atoms with Gasteiger partial charge in [0.05, 0.1) is 0 Å². The lowest BCUT2D eigenvalue weighted by Crippen LogP contribution is -2.33. The topological polar surface area (TPSA) is 47.6 Å². The van der Waals surface area contributed by atoms with Crippen LogP contribution in [-0.4, -0.2) is 18.4 Å². The van der Waals surface area contributed by atoms with E-state index in [1.165, 1.54) is 19.3 Å². The van der Waals surface area contributed by atoms with Gasteiger partial charge in [0.1, 0.15) is 6.61 Å². The molecular formula is C15H19NO3. The molecule has 1 aromatic rings. The zero-order valence-corrected chi connectivity index (χ0v) is 10.9. The molecule has 1 aliphatic carbocycles. The summed E-state index contributed by atoms with van der Waals surface area (Å²) in [5.74, 6) is 0.673. The zero-order valence-electron chi connectivity index (χ0n) is 10.9. The first kappa shape index (κ1) is 12.5. The van der Waals surface area contributed by atoms with E-state index < -0.39 is 6.16 Å². The van der Waals surface area contributed by atoms with Gasteiger partial charge in [-0.15, -0.1) is 0 Å². The van der Waals surface area contributed by atoms with Crippen molar-refractivity contribution in [3.8, 4) is 0 Å². The van der Waals surface area contributed by atoms with Gasteiger partial charge in [-0.3, -0.25) is 5.32 Å². The van der Waals surface area contributed by atoms with Gasteiger partial charge in [-0.2, -0.15) is 0 Å². The van der Waals surface area contributed by atoms with Crippen LogP contribution >= 0.6 is 0 Å². The van der Waals surface area contributed by atoms with Gasteiger partial charge in [0.2, 0.25) is 0 Å². The molecule has 0 spiro atoms. The van der Waals surface area contributed by atoms with Crippen LogP contribution in [0, 0.1) is 5.92 Å². The number of ether oxygens (including phenoxy) is 2. The van der Waals surface area contributed by atoms with Crippen LogP contribution in [0.5, 0.6) is 0 Å². The Hall–Kier alpha value is -1.55. The summed E-state index contributed by atoms with van der Waals surface area (Å²) < 4.78 is 10.4. The Bertz CT molecular complexity index is 422. The molecule has 4 nitrogen and oxygen atoms in total. The van der Waals surface area contributed by atoms with E-state index >= 15 is 0 Å². The monoisotopic (exact) mass is 261 g/mol. The van der Waals surface area contributed by atoms with Crippen LogP contribution in [0.25, 0.3) is 0 Å². The second-order valence-corrected chi connectivity index (χ2v) is 5.33. The van der Waals surface area contributed by atoms with Crippen molar-refractivity contribution in [1.82, 2.24) is 5.32 Å². The summed E-state index contributed by atoms with van der Waals surface area (Å²) in [6, 6.07) is 10.2. The Labute approximate surface area is 113 Å². The van der Waals surface area contributed by atoms with E-state index in [1.807, 2.05) is 30.3 Å². The van der Waals surface area contributed by atoms with E-state index in [4.69, 9.17) is 9.47 Å². The Kier molecular flexibility index (Phi) is 3.69. The molecular weight excluding hydrogens is 242 g/mol. The number of hydrogen-bond acceptors (Lipinski definition) is 4. The first-order valence-corrected chi connectivity index (χ1v) is 6.94. The predicted octanol–water partition coefficient (Wildman–Crippen LogP) is 2.83. The fourth-order valence-electron chi connectivity index (χ4n) is 3.07. The van der Waals surface area contributed by atoms with Crippen molar-refractivity contribution in [2.24, 2.45) is 5.92 Å². The molecule has 19 heavy (non-hydrogen) atoms. The number of nitrogens with one attached hydrogen (secondary N) is 1. The predicted molar refractivity (Wildman–Crippen MR) is 70.4 cm³/mol. The largest absolute Gasteiger partial charge is 0.510 e. The van der Waals surface area contributed by atoms with Gasteiger partial charge < -0.3 is 9.47 Å². The van der Waals surface area contributed by atoms with Crippen LogP contribution in [0.2, 0.25) is 0 Å². The highest BCUT2D eigenvalue weighted by Crippen LogP contribution is 2.34. The fraction of sp³-hybridized carbons (Fsp3) is 0.533. The first-order valence-electron chi connectivity index (χ1n) is 6.94. The Morgan fingerprint density at radius 3 is 2.89 bits per heavy atom. The van der Waals surface area contributed by atoms with Crippen LogP contribution < -0.4 is 5.32 Å². The van der Waals surface area contributed by atoms with Crippen molar-refractivity contribution < 1.29 is 14.3 Å². The van der Waals surface area contributed by atoms with Crippen molar-refractivity contribution in [2.45, 2.75) is 44.6 Å². The van der Waals surface area contributed by atoms with Gasteiger partial charge in [0.15, 0.2) is 6.23 Å². The van der Waals surface area contributed by atoms with Crippen LogP contribution in [0.15, 0.2) is 30.3 Å². The lowest BCUT2D eigenvalue weighted by molar-refractivity contribution is 0.0116. The average Bonchev–Trinajstić information content (AvgIpc) is 2.98. The molecule has 0 radical (unpaired) electrons. The summed E-state index contributed by atoms with van der Waals surface area (Å²) in [5.41, 5.74) is 0.968. The summed E-state index contributed by atoms with van der Waals surface area (Å²) in [6.07, 6.45) is 3.90. The smallest absolute Gasteiger partial charge is 0.429 e. The summed E-state index contributed by atoms with van der Waals surface area (Å²) in [5, 5.41) is 3.36. The molecule has 0 unspecified atom stereocenters. The van der Waals surface area contributed by atoms with Crippen LogP contribution in [0.3, 0.4) is 0 Å². The van der Waals surface area contributed by atoms with Crippen LogP contribution in [0.1, 0.15) is 31.2 Å². The number of hydrogen-bond donors (Lipinski definition) is 1. The molecule has 2 fully saturated rings. The Morgan fingerprint density at radius 2 is 2.11 bits per heavy atom. The molecule has 102 valence electrons. The third-order valence-electron chi connectivity index (χ3n) is 4.01. The van der Waals surface area contributed by atoms with E-state index in [0.717, 1.165) is 12.0 Å². The quantitative estimate of drug-likeness (QED) is 0.850. The molecule has 1 saturated heterocycles. The van der Waals surface area contributed by atoms with E-state index in [0.29, 0.717) is 12.0 Å². The molecule has 0 amide bonds. The van der Waals surface area contributed by atoms with E-state index in [1.54, 1.807) is 0 Å². The summed E-state index contributed by atoms with van der Waals surface area (Å²) in [6.45, 7) is 0.263. The third-order valence-corrected chi connectivity index (χ3v) is 4.01. The summed E-state index contributed by atoms with van der Waals surface area (Å²) in [7, 11) is 0. The maximum absolute atomic E-state index is 11.6. The SMILES string of the molecule is O=C(OCc1ccccc1)O[C@H]1C[C@@H]2CCC[C@@H]2N1. The molecule has 1 saturated carbocycles. The molecule has 3 rings (SSSR count). The highest BCUT2D eigenvalue weighted by Gasteiger charge is 2.38. The molecule has 2 aliphatic rings. The third kappa shape index (κ3) is 3.07. The number of fused-ring (bicyclic) bond motifs is 1. The van der Waals surface area contributed by atoms with Gasteiger partial charge in [-0.1, -0.05) is 36.8 Å². The van der Waals surface area contributed by atoms with Crippen molar-refractivity contribution >= 4 is 6.16 Å². The standard InChI is InChI=1S/C15H19NO3/c17-15(18-10-11-5-2-1-3-6-11)19-14-9-12-7-4-8-13(12)16-14/h1-3,5-6,12-14,16H,4,7-10H2/t12-,13-,14-/m0/s1. The van der Waals surface area contributed by atoms with Crippen molar-refractivity contribution in [3.05, 3.63) is 35.9 Å². The molecule has 3 atom stereocenters. The van der Waals surface area contributed by atoms with Crippen molar-refractivity contribution in [1.29, 1.82) is 0 Å². The number of benzene rings is 1. The molecule has 1 heterocycles. The molecule has 1 aromatic carbocycles. The number of rotatable bonds is 3. The van der Waals surface area contributed by atoms with Crippen LogP contribution in [-0.2, 0) is 16.1 Å². The summed E-state index contributed by atoms with van der Waals surface area (Å²) in [4.78, 5) is 11.6. The number of carbonyl (C=O) groups is 1. The highest BCUT2D eigenvalue weighted by atomic mass is 16.7. The second-order valence-electron chi connectivity index (χ2n) is 5.33. The van der Waals surface area contributed by atoms with Crippen molar-refractivity contribution in [3.63, 3.8) is 0 Å².